The first kappa shape index (κ1) is 13.8. The van der Waals surface area contributed by atoms with E-state index in [0.717, 1.165) is 10.9 Å². The Morgan fingerprint density at radius 3 is 2.90 bits per heavy atom. The zero-order valence-corrected chi connectivity index (χ0v) is 11.1. The van der Waals surface area contributed by atoms with Crippen LogP contribution in [0.4, 0.5) is 0 Å². The van der Waals surface area contributed by atoms with E-state index in [-0.39, 0.29) is 24.2 Å². The lowest BCUT2D eigenvalue weighted by molar-refractivity contribution is 0.0936. The van der Waals surface area contributed by atoms with Crippen molar-refractivity contribution < 1.29 is 10.0 Å². The second-order valence-electron chi connectivity index (χ2n) is 4.56. The molecule has 1 unspecified atom stereocenters. The highest BCUT2D eigenvalue weighted by Crippen LogP contribution is 2.11. The minimum atomic E-state index is -0.283. The second kappa shape index (κ2) is 6.01. The Morgan fingerprint density at radius 1 is 1.40 bits per heavy atom. The molecule has 1 amide bonds. The van der Waals surface area contributed by atoms with Gasteiger partial charge < -0.3 is 16.3 Å². The van der Waals surface area contributed by atoms with Gasteiger partial charge in [-0.25, -0.2) is 4.98 Å². The van der Waals surface area contributed by atoms with Gasteiger partial charge in [-0.3, -0.25) is 4.79 Å². The van der Waals surface area contributed by atoms with Crippen LogP contribution in [0.1, 0.15) is 23.8 Å². The van der Waals surface area contributed by atoms with Crippen LogP contribution in [0.25, 0.3) is 10.9 Å². The number of nitrogens with zero attached hydrogens (tertiary/aromatic N) is 2. The average Bonchev–Trinajstić information content (AvgIpc) is 2.46. The number of carbonyl (C=O) groups is 1. The maximum atomic E-state index is 12.1. The predicted molar refractivity (Wildman–Crippen MR) is 76.7 cm³/mol. The largest absolute Gasteiger partial charge is 0.409 e. The monoisotopic (exact) mass is 272 g/mol. The fourth-order valence-electron chi connectivity index (χ4n) is 1.90. The van der Waals surface area contributed by atoms with Gasteiger partial charge in [0, 0.05) is 17.8 Å². The average molecular weight is 272 g/mol. The molecule has 1 heterocycles. The van der Waals surface area contributed by atoms with Gasteiger partial charge in [0.2, 0.25) is 0 Å². The molecule has 20 heavy (non-hydrogen) atoms. The van der Waals surface area contributed by atoms with Crippen LogP contribution in [0.5, 0.6) is 0 Å². The predicted octanol–water partition coefficient (Wildman–Crippen LogP) is 1.49. The van der Waals surface area contributed by atoms with Crippen molar-refractivity contribution in [2.75, 3.05) is 0 Å². The zero-order valence-electron chi connectivity index (χ0n) is 11.1. The van der Waals surface area contributed by atoms with Crippen LogP contribution in [0, 0.1) is 0 Å². The summed E-state index contributed by atoms with van der Waals surface area (Å²) < 4.78 is 0. The maximum Gasteiger partial charge on any atom is 0.270 e. The van der Waals surface area contributed by atoms with Crippen molar-refractivity contribution in [3.05, 3.63) is 42.1 Å². The highest BCUT2D eigenvalue weighted by molar-refractivity contribution is 5.95. The number of amidine groups is 1. The second-order valence-corrected chi connectivity index (χ2v) is 4.56. The van der Waals surface area contributed by atoms with Gasteiger partial charge in [0.1, 0.15) is 11.5 Å². The first-order valence-electron chi connectivity index (χ1n) is 6.23. The van der Waals surface area contributed by atoms with E-state index in [2.05, 4.69) is 15.5 Å². The van der Waals surface area contributed by atoms with Crippen molar-refractivity contribution >= 4 is 22.6 Å². The fraction of sp³-hybridized carbons (Fsp3) is 0.214. The summed E-state index contributed by atoms with van der Waals surface area (Å²) in [6.45, 7) is 1.77. The summed E-state index contributed by atoms with van der Waals surface area (Å²) >= 11 is 0. The molecule has 0 aliphatic heterocycles. The molecule has 0 aliphatic carbocycles. The molecule has 1 aromatic heterocycles. The molecule has 2 aromatic rings. The topological polar surface area (TPSA) is 101 Å². The highest BCUT2D eigenvalue weighted by Gasteiger charge is 2.12. The number of benzene rings is 1. The van der Waals surface area contributed by atoms with Gasteiger partial charge in [-0.05, 0) is 19.1 Å². The number of pyridine rings is 1. The SMILES string of the molecule is CC(CC(N)=NO)NC(=O)c1ccc2ccccc2n1. The fourth-order valence-corrected chi connectivity index (χ4v) is 1.90. The third-order valence-corrected chi connectivity index (χ3v) is 2.85. The van der Waals surface area contributed by atoms with Crippen LogP contribution in [0.2, 0.25) is 0 Å². The van der Waals surface area contributed by atoms with Crippen LogP contribution >= 0.6 is 0 Å². The van der Waals surface area contributed by atoms with Gasteiger partial charge in [0.15, 0.2) is 0 Å². The molecule has 0 bridgehead atoms. The zero-order chi connectivity index (χ0) is 14.5. The van der Waals surface area contributed by atoms with Crippen molar-refractivity contribution in [3.63, 3.8) is 0 Å². The molecular formula is C14H16N4O2. The van der Waals surface area contributed by atoms with Gasteiger partial charge in [0.25, 0.3) is 5.91 Å². The molecule has 6 heteroatoms. The Balaban J connectivity index is 2.11. The van der Waals surface area contributed by atoms with E-state index in [1.807, 2.05) is 30.3 Å². The molecule has 0 radical (unpaired) electrons. The third kappa shape index (κ3) is 3.23. The molecule has 0 saturated heterocycles. The molecule has 1 atom stereocenters. The molecule has 1 aromatic carbocycles. The number of nitrogens with two attached hydrogens (primary N) is 1. The molecule has 0 spiro atoms. The summed E-state index contributed by atoms with van der Waals surface area (Å²) in [5, 5.41) is 15.1. The Kier molecular flexibility index (Phi) is 4.14. The van der Waals surface area contributed by atoms with E-state index < -0.39 is 0 Å². The van der Waals surface area contributed by atoms with Crippen LogP contribution in [0.15, 0.2) is 41.6 Å². The lowest BCUT2D eigenvalue weighted by atomic mass is 10.2. The molecule has 0 saturated carbocycles. The van der Waals surface area contributed by atoms with E-state index in [1.165, 1.54) is 0 Å². The van der Waals surface area contributed by atoms with Crippen LogP contribution in [0.3, 0.4) is 0 Å². The molecule has 6 nitrogen and oxygen atoms in total. The van der Waals surface area contributed by atoms with E-state index in [0.29, 0.717) is 5.69 Å². The first-order valence-corrected chi connectivity index (χ1v) is 6.23. The summed E-state index contributed by atoms with van der Waals surface area (Å²) in [4.78, 5) is 16.4. The Morgan fingerprint density at radius 2 is 2.15 bits per heavy atom. The lowest BCUT2D eigenvalue weighted by Gasteiger charge is -2.12. The van der Waals surface area contributed by atoms with Crippen LogP contribution in [-0.2, 0) is 0 Å². The van der Waals surface area contributed by atoms with Gasteiger partial charge in [-0.2, -0.15) is 0 Å². The highest BCUT2D eigenvalue weighted by atomic mass is 16.4. The van der Waals surface area contributed by atoms with Crippen LogP contribution < -0.4 is 11.1 Å². The van der Waals surface area contributed by atoms with Crippen molar-refractivity contribution in [2.45, 2.75) is 19.4 Å². The summed E-state index contributed by atoms with van der Waals surface area (Å²) in [6.07, 6.45) is 0.274. The molecule has 0 aliphatic rings. The smallest absolute Gasteiger partial charge is 0.270 e. The van der Waals surface area contributed by atoms with Gasteiger partial charge in [-0.1, -0.05) is 29.4 Å². The number of hydrogen-bond acceptors (Lipinski definition) is 4. The number of oxime groups is 1. The number of aromatic nitrogens is 1. The van der Waals surface area contributed by atoms with E-state index in [1.54, 1.807) is 13.0 Å². The normalized spacial score (nSPS) is 13.2. The summed E-state index contributed by atoms with van der Waals surface area (Å²) in [5.41, 5.74) is 6.51. The van der Waals surface area contributed by atoms with Gasteiger partial charge >= 0.3 is 0 Å². The van der Waals surface area contributed by atoms with Gasteiger partial charge in [-0.15, -0.1) is 0 Å². The van der Waals surface area contributed by atoms with Crippen molar-refractivity contribution in [3.8, 4) is 0 Å². The Bertz CT molecular complexity index is 654. The summed E-state index contributed by atoms with van der Waals surface area (Å²) in [6, 6.07) is 10.9. The lowest BCUT2D eigenvalue weighted by Crippen LogP contribution is -2.36. The Labute approximate surface area is 116 Å². The minimum Gasteiger partial charge on any atom is -0.409 e. The van der Waals surface area contributed by atoms with Crippen LogP contribution in [-0.4, -0.2) is 28.0 Å². The van der Waals surface area contributed by atoms with Crippen molar-refractivity contribution in [1.29, 1.82) is 0 Å². The van der Waals surface area contributed by atoms with E-state index in [9.17, 15) is 4.79 Å². The Hall–Kier alpha value is -2.63. The minimum absolute atomic E-state index is 0.0734. The number of hydrogen-bond donors (Lipinski definition) is 3. The standard InChI is InChI=1S/C14H16N4O2/c1-9(8-13(15)18-20)16-14(19)12-7-6-10-4-2-3-5-11(10)17-12/h2-7,9,20H,8H2,1H3,(H2,15,18)(H,16,19). The third-order valence-electron chi connectivity index (χ3n) is 2.85. The number of nitrogens with one attached hydrogen (secondary N) is 1. The number of fused-ring (bicyclic) bond motifs is 1. The van der Waals surface area contributed by atoms with E-state index >= 15 is 0 Å². The molecule has 0 fully saturated rings. The quantitative estimate of drug-likeness (QED) is 0.340. The van der Waals surface area contributed by atoms with E-state index in [4.69, 9.17) is 10.9 Å². The number of rotatable bonds is 4. The summed E-state index contributed by atoms with van der Waals surface area (Å²) in [7, 11) is 0. The van der Waals surface area contributed by atoms with Crippen molar-refractivity contribution in [1.82, 2.24) is 10.3 Å². The number of para-hydroxylation sites is 1. The van der Waals surface area contributed by atoms with Gasteiger partial charge in [0.05, 0.1) is 5.52 Å². The first-order chi connectivity index (χ1) is 9.60. The number of carbonyl (C=O) groups excluding carboxylic acids is 1. The molecule has 104 valence electrons. The molecule has 2 rings (SSSR count). The maximum absolute atomic E-state index is 12.1. The summed E-state index contributed by atoms with van der Waals surface area (Å²) in [5.74, 6) is -0.210. The van der Waals surface area contributed by atoms with Crippen molar-refractivity contribution in [2.24, 2.45) is 10.9 Å². The molecular weight excluding hydrogens is 256 g/mol. The number of amides is 1. The molecule has 4 N–H and O–H groups in total.